The van der Waals surface area contributed by atoms with Gasteiger partial charge in [-0.3, -0.25) is 25.0 Å². The van der Waals surface area contributed by atoms with Crippen LogP contribution in [0, 0.1) is 41.0 Å². The zero-order valence-corrected chi connectivity index (χ0v) is 12.8. The van der Waals surface area contributed by atoms with Crippen molar-refractivity contribution in [2.24, 2.45) is 0 Å². The highest BCUT2D eigenvalue weighted by Gasteiger charge is 2.22. The number of ketones is 1. The van der Waals surface area contributed by atoms with Crippen LogP contribution in [0.5, 0.6) is 0 Å². The number of nitro benzene ring substituents is 2. The van der Waals surface area contributed by atoms with Crippen LogP contribution in [-0.2, 0) is 0 Å². The number of benzene rings is 2. The Balaban J connectivity index is 2.64. The number of rotatable bonds is 4. The first kappa shape index (κ1) is 16.3. The van der Waals surface area contributed by atoms with Gasteiger partial charge in [0.2, 0.25) is 0 Å². The van der Waals surface area contributed by atoms with Crippen molar-refractivity contribution >= 4 is 17.2 Å². The number of hydrogen-bond acceptors (Lipinski definition) is 5. The van der Waals surface area contributed by atoms with E-state index in [1.165, 1.54) is 0 Å². The number of non-ortho nitro benzene ring substituents is 2. The maximum absolute atomic E-state index is 12.7. The van der Waals surface area contributed by atoms with E-state index in [4.69, 9.17) is 0 Å². The van der Waals surface area contributed by atoms with Crippen molar-refractivity contribution in [2.45, 2.75) is 20.8 Å². The summed E-state index contributed by atoms with van der Waals surface area (Å²) < 4.78 is 0. The van der Waals surface area contributed by atoms with Crippen LogP contribution in [-0.4, -0.2) is 15.6 Å². The fourth-order valence-corrected chi connectivity index (χ4v) is 2.62. The summed E-state index contributed by atoms with van der Waals surface area (Å²) in [6.45, 7) is 5.42. The van der Waals surface area contributed by atoms with E-state index in [9.17, 15) is 25.0 Å². The molecule has 0 fully saturated rings. The minimum atomic E-state index is -0.751. The van der Waals surface area contributed by atoms with Gasteiger partial charge in [-0.15, -0.1) is 0 Å². The molecule has 0 aliphatic carbocycles. The van der Waals surface area contributed by atoms with Crippen molar-refractivity contribution in [2.75, 3.05) is 0 Å². The highest BCUT2D eigenvalue weighted by Crippen LogP contribution is 2.26. The van der Waals surface area contributed by atoms with E-state index >= 15 is 0 Å². The Morgan fingerprint density at radius 3 is 1.65 bits per heavy atom. The van der Waals surface area contributed by atoms with Gasteiger partial charge >= 0.3 is 0 Å². The van der Waals surface area contributed by atoms with Crippen molar-refractivity contribution in [3.8, 4) is 0 Å². The van der Waals surface area contributed by atoms with E-state index in [-0.39, 0.29) is 5.56 Å². The van der Waals surface area contributed by atoms with Gasteiger partial charge in [0.1, 0.15) is 0 Å². The van der Waals surface area contributed by atoms with Gasteiger partial charge in [0.05, 0.1) is 15.9 Å². The largest absolute Gasteiger partial charge is 0.289 e. The average Bonchev–Trinajstić information content (AvgIpc) is 2.45. The van der Waals surface area contributed by atoms with E-state index in [0.717, 1.165) is 34.9 Å². The molecule has 23 heavy (non-hydrogen) atoms. The molecule has 7 heteroatoms. The minimum absolute atomic E-state index is 0.0686. The van der Waals surface area contributed by atoms with Gasteiger partial charge in [-0.1, -0.05) is 17.7 Å². The SMILES string of the molecule is Cc1cc(C)c(C(=O)c2cc([N+](=O)[O-])cc([N+](=O)[O-])c2)c(C)c1. The zero-order chi connectivity index (χ0) is 17.3. The molecule has 118 valence electrons. The number of carbonyl (C=O) groups is 1. The molecule has 0 aliphatic heterocycles. The van der Waals surface area contributed by atoms with Gasteiger partial charge in [0.25, 0.3) is 11.4 Å². The fraction of sp³-hybridized carbons (Fsp3) is 0.188. The van der Waals surface area contributed by atoms with Crippen molar-refractivity contribution in [1.29, 1.82) is 0 Å². The predicted octanol–water partition coefficient (Wildman–Crippen LogP) is 3.66. The van der Waals surface area contributed by atoms with Crippen LogP contribution in [0.25, 0.3) is 0 Å². The van der Waals surface area contributed by atoms with E-state index in [1.807, 2.05) is 19.1 Å². The monoisotopic (exact) mass is 314 g/mol. The Bertz CT molecular complexity index is 787. The Hall–Kier alpha value is -3.09. The second kappa shape index (κ2) is 5.96. The maximum atomic E-state index is 12.7. The van der Waals surface area contributed by atoms with Crippen LogP contribution < -0.4 is 0 Å². The number of nitro groups is 2. The third kappa shape index (κ3) is 3.23. The second-order valence-corrected chi connectivity index (χ2v) is 5.36. The topological polar surface area (TPSA) is 103 Å². The standard InChI is InChI=1S/C16H14N2O5/c1-9-4-10(2)15(11(3)5-9)16(19)12-6-13(17(20)21)8-14(7-12)18(22)23/h4-8H,1-3H3. The summed E-state index contributed by atoms with van der Waals surface area (Å²) in [5, 5.41) is 21.9. The van der Waals surface area contributed by atoms with Crippen LogP contribution >= 0.6 is 0 Å². The van der Waals surface area contributed by atoms with Crippen LogP contribution in [0.15, 0.2) is 30.3 Å². The summed E-state index contributed by atoms with van der Waals surface area (Å²) in [5.74, 6) is -0.466. The lowest BCUT2D eigenvalue weighted by Crippen LogP contribution is -2.08. The molecular formula is C16H14N2O5. The first-order valence-corrected chi connectivity index (χ1v) is 6.77. The van der Waals surface area contributed by atoms with Gasteiger partial charge < -0.3 is 0 Å². The van der Waals surface area contributed by atoms with Gasteiger partial charge in [0.15, 0.2) is 5.78 Å². The molecule has 0 aromatic heterocycles. The Kier molecular flexibility index (Phi) is 4.22. The van der Waals surface area contributed by atoms with E-state index in [0.29, 0.717) is 5.56 Å². The lowest BCUT2D eigenvalue weighted by molar-refractivity contribution is -0.394. The van der Waals surface area contributed by atoms with Crippen LogP contribution in [0.1, 0.15) is 32.6 Å². The smallest absolute Gasteiger partial charge is 0.277 e. The highest BCUT2D eigenvalue weighted by atomic mass is 16.6. The molecule has 0 heterocycles. The minimum Gasteiger partial charge on any atom is -0.289 e. The quantitative estimate of drug-likeness (QED) is 0.486. The second-order valence-electron chi connectivity index (χ2n) is 5.36. The molecule has 0 bridgehead atoms. The summed E-state index contributed by atoms with van der Waals surface area (Å²) in [4.78, 5) is 33.1. The van der Waals surface area contributed by atoms with Crippen LogP contribution in [0.4, 0.5) is 11.4 Å². The average molecular weight is 314 g/mol. The number of nitrogens with zero attached hydrogens (tertiary/aromatic N) is 2. The van der Waals surface area contributed by atoms with Gasteiger partial charge in [0, 0.05) is 23.3 Å². The predicted molar refractivity (Wildman–Crippen MR) is 83.8 cm³/mol. The fourth-order valence-electron chi connectivity index (χ4n) is 2.62. The molecule has 0 amide bonds. The van der Waals surface area contributed by atoms with Crippen molar-refractivity contribution < 1.29 is 14.6 Å². The molecule has 7 nitrogen and oxygen atoms in total. The summed E-state index contributed by atoms with van der Waals surface area (Å²) in [7, 11) is 0. The molecule has 0 saturated heterocycles. The molecule has 0 radical (unpaired) electrons. The summed E-state index contributed by atoms with van der Waals surface area (Å²) in [6.07, 6.45) is 0. The Morgan fingerprint density at radius 2 is 1.26 bits per heavy atom. The highest BCUT2D eigenvalue weighted by molar-refractivity contribution is 6.11. The molecule has 0 saturated carbocycles. The van der Waals surface area contributed by atoms with E-state index < -0.39 is 27.0 Å². The lowest BCUT2D eigenvalue weighted by atomic mass is 9.93. The molecule has 0 aliphatic rings. The molecular weight excluding hydrogens is 300 g/mol. The molecule has 0 atom stereocenters. The molecule has 0 N–H and O–H groups in total. The van der Waals surface area contributed by atoms with Crippen LogP contribution in [0.3, 0.4) is 0 Å². The Morgan fingerprint density at radius 1 is 0.826 bits per heavy atom. The normalized spacial score (nSPS) is 10.4. The van der Waals surface area contributed by atoms with Crippen molar-refractivity contribution in [3.05, 3.63) is 78.4 Å². The third-order valence-electron chi connectivity index (χ3n) is 3.49. The first-order valence-electron chi connectivity index (χ1n) is 6.77. The molecule has 2 aromatic rings. The number of carbonyl (C=O) groups excluding carboxylic acids is 1. The van der Waals surface area contributed by atoms with Gasteiger partial charge in [-0.05, 0) is 31.9 Å². The Labute approximate surface area is 131 Å². The lowest BCUT2D eigenvalue weighted by Gasteiger charge is -2.10. The van der Waals surface area contributed by atoms with Crippen molar-refractivity contribution in [3.63, 3.8) is 0 Å². The van der Waals surface area contributed by atoms with Crippen molar-refractivity contribution in [1.82, 2.24) is 0 Å². The zero-order valence-electron chi connectivity index (χ0n) is 12.8. The molecule has 0 unspecified atom stereocenters. The van der Waals surface area contributed by atoms with Gasteiger partial charge in [-0.25, -0.2) is 0 Å². The number of aryl methyl sites for hydroxylation is 3. The summed E-state index contributed by atoms with van der Waals surface area (Å²) in [5.41, 5.74) is 1.81. The molecule has 2 rings (SSSR count). The number of hydrogen-bond donors (Lipinski definition) is 0. The molecule has 0 spiro atoms. The van der Waals surface area contributed by atoms with Crippen LogP contribution in [0.2, 0.25) is 0 Å². The summed E-state index contributed by atoms with van der Waals surface area (Å²) >= 11 is 0. The van der Waals surface area contributed by atoms with E-state index in [1.54, 1.807) is 13.8 Å². The maximum Gasteiger partial charge on any atom is 0.277 e. The third-order valence-corrected chi connectivity index (χ3v) is 3.49. The summed E-state index contributed by atoms with van der Waals surface area (Å²) in [6, 6.07) is 6.62. The van der Waals surface area contributed by atoms with Gasteiger partial charge in [-0.2, -0.15) is 0 Å². The first-order chi connectivity index (χ1) is 10.7. The molecule has 2 aromatic carbocycles. The van der Waals surface area contributed by atoms with E-state index in [2.05, 4.69) is 0 Å².